The van der Waals surface area contributed by atoms with Crippen LogP contribution in [0.3, 0.4) is 0 Å². The number of carbonyl (C=O) groups excluding carboxylic acids is 3. The molecule has 1 aromatic carbocycles. The summed E-state index contributed by atoms with van der Waals surface area (Å²) in [6, 6.07) is 6.44. The summed E-state index contributed by atoms with van der Waals surface area (Å²) >= 11 is 1.59. The lowest BCUT2D eigenvalue weighted by Crippen LogP contribution is -2.56. The zero-order chi connectivity index (χ0) is 26.7. The highest BCUT2D eigenvalue weighted by Gasteiger charge is 2.44. The van der Waals surface area contributed by atoms with Crippen molar-refractivity contribution >= 4 is 29.2 Å². The number of piperidine rings is 1. The molecule has 10 heteroatoms. The molecule has 3 amide bonds. The number of ether oxygens (including phenoxy) is 1. The third kappa shape index (κ3) is 6.48. The zero-order valence-corrected chi connectivity index (χ0v) is 22.7. The second kappa shape index (κ2) is 11.2. The van der Waals surface area contributed by atoms with E-state index in [-0.39, 0.29) is 24.8 Å². The number of aliphatic hydroxyl groups excluding tert-OH is 1. The van der Waals surface area contributed by atoms with Crippen LogP contribution in [0.4, 0.5) is 4.79 Å². The lowest BCUT2D eigenvalue weighted by molar-refractivity contribution is -0.143. The molecule has 0 saturated carbocycles. The van der Waals surface area contributed by atoms with Gasteiger partial charge in [0.2, 0.25) is 11.8 Å². The molecule has 9 nitrogen and oxygen atoms in total. The molecule has 2 saturated heterocycles. The van der Waals surface area contributed by atoms with E-state index in [0.29, 0.717) is 19.5 Å². The van der Waals surface area contributed by atoms with Crippen LogP contribution in [-0.2, 0) is 20.9 Å². The fourth-order valence-electron chi connectivity index (χ4n) is 4.88. The molecule has 1 aromatic heterocycles. The van der Waals surface area contributed by atoms with Crippen LogP contribution in [0, 0.1) is 6.92 Å². The van der Waals surface area contributed by atoms with Crippen molar-refractivity contribution in [2.24, 2.45) is 0 Å². The fourth-order valence-corrected chi connectivity index (χ4v) is 5.70. The highest BCUT2D eigenvalue weighted by atomic mass is 32.1. The average Bonchev–Trinajstić information content (AvgIpc) is 3.46. The minimum absolute atomic E-state index is 0.0679. The van der Waals surface area contributed by atoms with Crippen LogP contribution in [-0.4, -0.2) is 74.7 Å². The van der Waals surface area contributed by atoms with E-state index < -0.39 is 29.9 Å². The third-order valence-electron chi connectivity index (χ3n) is 6.71. The lowest BCUT2D eigenvalue weighted by Gasteiger charge is -2.38. The Morgan fingerprint density at radius 3 is 2.51 bits per heavy atom. The minimum atomic E-state index is -0.791. The number of hydrogen-bond acceptors (Lipinski definition) is 7. The SMILES string of the molecule is Cc1ncsc1-c1ccc(CNC(=O)[C@@H]2C[C@@H](O)CN2C(=O)C2CCCCN2C(=O)OC(C)(C)C)cc1. The van der Waals surface area contributed by atoms with E-state index in [4.69, 9.17) is 4.74 Å². The Morgan fingerprint density at radius 1 is 1.14 bits per heavy atom. The Labute approximate surface area is 221 Å². The van der Waals surface area contributed by atoms with Crippen molar-refractivity contribution in [1.82, 2.24) is 20.1 Å². The summed E-state index contributed by atoms with van der Waals surface area (Å²) in [5, 5.41) is 13.3. The Kier molecular flexibility index (Phi) is 8.18. The van der Waals surface area contributed by atoms with Crippen molar-refractivity contribution in [3.63, 3.8) is 0 Å². The van der Waals surface area contributed by atoms with Gasteiger partial charge in [0, 0.05) is 26.1 Å². The number of thiazole rings is 1. The molecule has 3 atom stereocenters. The molecule has 2 aliphatic rings. The molecule has 200 valence electrons. The Bertz CT molecular complexity index is 1130. The molecule has 0 radical (unpaired) electrons. The first kappa shape index (κ1) is 27.1. The maximum Gasteiger partial charge on any atom is 0.410 e. The number of aryl methyl sites for hydroxylation is 1. The van der Waals surface area contributed by atoms with E-state index in [2.05, 4.69) is 10.3 Å². The first-order valence-electron chi connectivity index (χ1n) is 12.8. The Balaban J connectivity index is 1.40. The number of β-amino-alcohol motifs (C(OH)–C–C–N with tert-alkyl or cyclic N) is 1. The van der Waals surface area contributed by atoms with Gasteiger partial charge in [-0.15, -0.1) is 11.3 Å². The molecule has 2 aliphatic heterocycles. The molecule has 1 unspecified atom stereocenters. The molecule has 2 aromatic rings. The molecule has 0 bridgehead atoms. The summed E-state index contributed by atoms with van der Waals surface area (Å²) in [6.07, 6.45) is 0.949. The van der Waals surface area contributed by atoms with Crippen molar-refractivity contribution in [3.05, 3.63) is 41.0 Å². The van der Waals surface area contributed by atoms with Crippen molar-refractivity contribution in [2.75, 3.05) is 13.1 Å². The number of aliphatic hydroxyl groups is 1. The van der Waals surface area contributed by atoms with Crippen LogP contribution in [0.15, 0.2) is 29.8 Å². The van der Waals surface area contributed by atoms with Gasteiger partial charge in [0.05, 0.1) is 22.2 Å². The number of likely N-dealkylation sites (tertiary alicyclic amines) is 2. The highest BCUT2D eigenvalue weighted by molar-refractivity contribution is 7.13. The fraction of sp³-hybridized carbons (Fsp3) is 0.556. The normalized spacial score (nSPS) is 22.1. The molecule has 0 aliphatic carbocycles. The molecule has 2 N–H and O–H groups in total. The standard InChI is InChI=1S/C27H36N4O5S/c1-17-23(37-16-29-17)19-10-8-18(9-11-19)14-28-24(33)22-13-20(32)15-31(22)25(34)21-7-5-6-12-30(21)26(35)36-27(2,3)4/h8-11,16,20-22,32H,5-7,12-15H2,1-4H3,(H,28,33)/t20-,21?,22+/m1/s1. The number of nitrogens with one attached hydrogen (secondary N) is 1. The average molecular weight is 529 g/mol. The summed E-state index contributed by atoms with van der Waals surface area (Å²) in [6.45, 7) is 8.14. The van der Waals surface area contributed by atoms with Crippen LogP contribution in [0.5, 0.6) is 0 Å². The van der Waals surface area contributed by atoms with Gasteiger partial charge in [-0.2, -0.15) is 0 Å². The van der Waals surface area contributed by atoms with Crippen LogP contribution in [0.25, 0.3) is 10.4 Å². The van der Waals surface area contributed by atoms with E-state index in [0.717, 1.165) is 34.5 Å². The van der Waals surface area contributed by atoms with Gasteiger partial charge in [-0.25, -0.2) is 9.78 Å². The second-order valence-electron chi connectivity index (χ2n) is 10.8. The van der Waals surface area contributed by atoms with Crippen LogP contribution in [0.2, 0.25) is 0 Å². The Hall–Kier alpha value is -2.98. The number of carbonyl (C=O) groups is 3. The van der Waals surface area contributed by atoms with Crippen LogP contribution in [0.1, 0.15) is 57.7 Å². The van der Waals surface area contributed by atoms with Crippen molar-refractivity contribution in [2.45, 2.75) is 83.7 Å². The first-order valence-corrected chi connectivity index (χ1v) is 13.7. The third-order valence-corrected chi connectivity index (χ3v) is 7.69. The topological polar surface area (TPSA) is 112 Å². The number of nitrogens with zero attached hydrogens (tertiary/aromatic N) is 3. The number of hydrogen-bond donors (Lipinski definition) is 2. The summed E-state index contributed by atoms with van der Waals surface area (Å²) in [5.74, 6) is -0.626. The molecule has 0 spiro atoms. The summed E-state index contributed by atoms with van der Waals surface area (Å²) < 4.78 is 5.53. The largest absolute Gasteiger partial charge is 0.444 e. The van der Waals surface area contributed by atoms with Gasteiger partial charge in [0.1, 0.15) is 17.7 Å². The smallest absolute Gasteiger partial charge is 0.410 e. The number of aromatic nitrogens is 1. The monoisotopic (exact) mass is 528 g/mol. The highest BCUT2D eigenvalue weighted by Crippen LogP contribution is 2.28. The molecule has 4 rings (SSSR count). The zero-order valence-electron chi connectivity index (χ0n) is 21.9. The van der Waals surface area contributed by atoms with Gasteiger partial charge in [-0.3, -0.25) is 14.5 Å². The second-order valence-corrected chi connectivity index (χ2v) is 11.6. The van der Waals surface area contributed by atoms with Gasteiger partial charge in [0.15, 0.2) is 0 Å². The summed E-state index contributed by atoms with van der Waals surface area (Å²) in [7, 11) is 0. The predicted octanol–water partition coefficient (Wildman–Crippen LogP) is 3.49. The number of benzene rings is 1. The van der Waals surface area contributed by atoms with Crippen LogP contribution < -0.4 is 5.32 Å². The van der Waals surface area contributed by atoms with Crippen molar-refractivity contribution < 1.29 is 24.2 Å². The van der Waals surface area contributed by atoms with Gasteiger partial charge in [0.25, 0.3) is 0 Å². The van der Waals surface area contributed by atoms with E-state index in [9.17, 15) is 19.5 Å². The molecular weight excluding hydrogens is 492 g/mol. The first-order chi connectivity index (χ1) is 17.5. The summed E-state index contributed by atoms with van der Waals surface area (Å²) in [4.78, 5) is 47.8. The maximum absolute atomic E-state index is 13.6. The molecular formula is C27H36N4O5S. The number of rotatable bonds is 5. The van der Waals surface area contributed by atoms with Gasteiger partial charge in [-0.1, -0.05) is 24.3 Å². The quantitative estimate of drug-likeness (QED) is 0.615. The summed E-state index contributed by atoms with van der Waals surface area (Å²) in [5.41, 5.74) is 4.14. The van der Waals surface area contributed by atoms with Gasteiger partial charge in [-0.05, 0) is 58.1 Å². The minimum Gasteiger partial charge on any atom is -0.444 e. The Morgan fingerprint density at radius 2 is 1.86 bits per heavy atom. The predicted molar refractivity (Wildman–Crippen MR) is 141 cm³/mol. The molecule has 2 fully saturated rings. The van der Waals surface area contributed by atoms with Crippen molar-refractivity contribution in [3.8, 4) is 10.4 Å². The van der Waals surface area contributed by atoms with Gasteiger partial charge >= 0.3 is 6.09 Å². The molecule has 3 heterocycles. The van der Waals surface area contributed by atoms with Crippen LogP contribution >= 0.6 is 11.3 Å². The maximum atomic E-state index is 13.6. The van der Waals surface area contributed by atoms with E-state index in [1.165, 1.54) is 9.80 Å². The van der Waals surface area contributed by atoms with Crippen molar-refractivity contribution in [1.29, 1.82) is 0 Å². The number of amides is 3. The van der Waals surface area contributed by atoms with E-state index >= 15 is 0 Å². The van der Waals surface area contributed by atoms with Gasteiger partial charge < -0.3 is 20.1 Å². The molecule has 37 heavy (non-hydrogen) atoms. The van der Waals surface area contributed by atoms with E-state index in [1.54, 1.807) is 32.1 Å². The lowest BCUT2D eigenvalue weighted by atomic mass is 10.0. The van der Waals surface area contributed by atoms with E-state index in [1.807, 2.05) is 36.7 Å².